The lowest BCUT2D eigenvalue weighted by Gasteiger charge is -2.37. The fraction of sp³-hybridized carbons (Fsp3) is 0.647. The third kappa shape index (κ3) is 3.32. The molecule has 0 radical (unpaired) electrons. The summed E-state index contributed by atoms with van der Waals surface area (Å²) >= 11 is 0. The highest BCUT2D eigenvalue weighted by molar-refractivity contribution is 7.95. The first kappa shape index (κ1) is 16.5. The Kier molecular flexibility index (Phi) is 5.44. The minimum absolute atomic E-state index is 0.213. The maximum atomic E-state index is 14.0. The van der Waals surface area contributed by atoms with Crippen LogP contribution < -0.4 is 0 Å². The van der Waals surface area contributed by atoms with Gasteiger partial charge in [0.25, 0.3) is 0 Å². The van der Waals surface area contributed by atoms with Crippen LogP contribution in [-0.4, -0.2) is 27.1 Å². The molecule has 0 bridgehead atoms. The molecule has 0 amide bonds. The van der Waals surface area contributed by atoms with Crippen molar-refractivity contribution in [3.63, 3.8) is 0 Å². The number of nitrogens with zero attached hydrogens (tertiary/aromatic N) is 2. The molecule has 1 saturated carbocycles. The smallest absolute Gasteiger partial charge is 0.0972 e. The van der Waals surface area contributed by atoms with Crippen molar-refractivity contribution >= 4 is 9.73 Å². The Morgan fingerprint density at radius 2 is 1.67 bits per heavy atom. The van der Waals surface area contributed by atoms with Gasteiger partial charge in [0, 0.05) is 18.0 Å². The van der Waals surface area contributed by atoms with Gasteiger partial charge in [-0.3, -0.25) is 0 Å². The molecule has 1 aliphatic carbocycles. The Morgan fingerprint density at radius 1 is 1.10 bits per heavy atom. The molecule has 0 spiro atoms. The van der Waals surface area contributed by atoms with E-state index in [1.165, 1.54) is 6.42 Å². The average molecular weight is 308 g/mol. The van der Waals surface area contributed by atoms with Crippen molar-refractivity contribution < 1.29 is 4.21 Å². The van der Waals surface area contributed by atoms with Crippen LogP contribution in [-0.2, 0) is 9.73 Å². The molecule has 2 rings (SSSR count). The Morgan fingerprint density at radius 3 is 2.19 bits per heavy atom. The van der Waals surface area contributed by atoms with Gasteiger partial charge in [0.2, 0.25) is 0 Å². The third-order valence-corrected chi connectivity index (χ3v) is 7.72. The normalized spacial score (nSPS) is 21.0. The molecular formula is C17H28N2OS. The van der Waals surface area contributed by atoms with E-state index in [0.717, 1.165) is 43.7 Å². The Bertz CT molecular complexity index is 551. The van der Waals surface area contributed by atoms with E-state index >= 15 is 0 Å². The van der Waals surface area contributed by atoms with Crippen LogP contribution in [0.15, 0.2) is 39.7 Å². The van der Waals surface area contributed by atoms with E-state index in [1.807, 2.05) is 35.3 Å². The van der Waals surface area contributed by atoms with Crippen molar-refractivity contribution in [2.45, 2.75) is 62.5 Å². The van der Waals surface area contributed by atoms with Crippen LogP contribution in [0.5, 0.6) is 0 Å². The lowest BCUT2D eigenvalue weighted by Crippen LogP contribution is -2.39. The van der Waals surface area contributed by atoms with Crippen LogP contribution in [0.2, 0.25) is 0 Å². The van der Waals surface area contributed by atoms with Crippen molar-refractivity contribution in [1.82, 2.24) is 5.01 Å². The van der Waals surface area contributed by atoms with Crippen molar-refractivity contribution in [2.75, 3.05) is 13.1 Å². The average Bonchev–Trinajstić information content (AvgIpc) is 2.53. The molecule has 1 unspecified atom stereocenters. The van der Waals surface area contributed by atoms with E-state index in [9.17, 15) is 4.21 Å². The second kappa shape index (κ2) is 6.93. The predicted molar refractivity (Wildman–Crippen MR) is 89.7 cm³/mol. The minimum atomic E-state index is -2.44. The van der Waals surface area contributed by atoms with E-state index < -0.39 is 9.73 Å². The fourth-order valence-corrected chi connectivity index (χ4v) is 5.90. The summed E-state index contributed by atoms with van der Waals surface area (Å²) in [6.07, 6.45) is 5.59. The van der Waals surface area contributed by atoms with Gasteiger partial charge in [-0.2, -0.15) is 5.01 Å². The van der Waals surface area contributed by atoms with Crippen molar-refractivity contribution in [2.24, 2.45) is 4.47 Å². The summed E-state index contributed by atoms with van der Waals surface area (Å²) in [7, 11) is -2.44. The molecule has 21 heavy (non-hydrogen) atoms. The van der Waals surface area contributed by atoms with E-state index in [4.69, 9.17) is 4.47 Å². The topological polar surface area (TPSA) is 32.7 Å². The van der Waals surface area contributed by atoms with Gasteiger partial charge >= 0.3 is 0 Å². The fourth-order valence-electron chi connectivity index (χ4n) is 3.11. The molecule has 118 valence electrons. The first-order chi connectivity index (χ1) is 10.1. The van der Waals surface area contributed by atoms with Gasteiger partial charge in [0.1, 0.15) is 0 Å². The van der Waals surface area contributed by atoms with Gasteiger partial charge in [-0.05, 0) is 31.9 Å². The van der Waals surface area contributed by atoms with Gasteiger partial charge in [-0.15, -0.1) is 4.47 Å². The highest BCUT2D eigenvalue weighted by Crippen LogP contribution is 2.40. The standard InChI is InChI=1S/C17H28N2OS/c1-4-19(5-2)18-21(20,16-12-8-6-9-13-16)17(3)14-10-7-11-15-17/h6,8-9,12-13H,4-5,7,10-11,14-15H2,1-3H3. The summed E-state index contributed by atoms with van der Waals surface area (Å²) in [4.78, 5) is 0.890. The van der Waals surface area contributed by atoms with Crippen molar-refractivity contribution in [1.29, 1.82) is 0 Å². The molecule has 1 aliphatic rings. The zero-order valence-electron chi connectivity index (χ0n) is 13.5. The molecule has 0 aliphatic heterocycles. The third-order valence-electron chi connectivity index (χ3n) is 4.60. The molecule has 1 fully saturated rings. The van der Waals surface area contributed by atoms with Crippen LogP contribution in [0, 0.1) is 0 Å². The van der Waals surface area contributed by atoms with E-state index in [1.54, 1.807) is 0 Å². The summed E-state index contributed by atoms with van der Waals surface area (Å²) < 4.78 is 18.5. The molecule has 4 heteroatoms. The number of rotatable bonds is 5. The molecular weight excluding hydrogens is 280 g/mol. The Labute approximate surface area is 129 Å². The maximum Gasteiger partial charge on any atom is 0.0972 e. The molecule has 1 aromatic carbocycles. The number of benzene rings is 1. The highest BCUT2D eigenvalue weighted by Gasteiger charge is 2.39. The second-order valence-corrected chi connectivity index (χ2v) is 8.74. The largest absolute Gasteiger partial charge is 0.243 e. The molecule has 3 nitrogen and oxygen atoms in total. The molecule has 0 saturated heterocycles. The molecule has 0 heterocycles. The lowest BCUT2D eigenvalue weighted by atomic mass is 9.90. The Balaban J connectivity index is 2.56. The van der Waals surface area contributed by atoms with E-state index in [-0.39, 0.29) is 4.75 Å². The van der Waals surface area contributed by atoms with Gasteiger partial charge < -0.3 is 0 Å². The van der Waals surface area contributed by atoms with Crippen LogP contribution in [0.1, 0.15) is 52.9 Å². The molecule has 1 atom stereocenters. The zero-order valence-corrected chi connectivity index (χ0v) is 14.4. The van der Waals surface area contributed by atoms with Crippen LogP contribution in [0.4, 0.5) is 0 Å². The first-order valence-electron chi connectivity index (χ1n) is 8.12. The van der Waals surface area contributed by atoms with Crippen molar-refractivity contribution in [3.8, 4) is 0 Å². The van der Waals surface area contributed by atoms with Gasteiger partial charge in [0.05, 0.1) is 14.5 Å². The molecule has 0 aromatic heterocycles. The number of hydrogen-bond acceptors (Lipinski definition) is 2. The predicted octanol–water partition coefficient (Wildman–Crippen LogP) is 4.49. The van der Waals surface area contributed by atoms with Gasteiger partial charge in [-0.25, -0.2) is 4.21 Å². The highest BCUT2D eigenvalue weighted by atomic mass is 32.2. The molecule has 0 N–H and O–H groups in total. The lowest BCUT2D eigenvalue weighted by molar-refractivity contribution is 0.320. The quantitative estimate of drug-likeness (QED) is 0.751. The SMILES string of the molecule is CCN(CC)N=S(=O)(c1ccccc1)C1(C)CCCCC1. The summed E-state index contributed by atoms with van der Waals surface area (Å²) in [5.41, 5.74) is 0. The van der Waals surface area contributed by atoms with E-state index in [2.05, 4.69) is 20.8 Å². The summed E-state index contributed by atoms with van der Waals surface area (Å²) in [6, 6.07) is 9.88. The molecule has 1 aromatic rings. The number of hydrogen-bond donors (Lipinski definition) is 0. The van der Waals surface area contributed by atoms with Crippen LogP contribution in [0.25, 0.3) is 0 Å². The van der Waals surface area contributed by atoms with Crippen LogP contribution in [0.3, 0.4) is 0 Å². The minimum Gasteiger partial charge on any atom is -0.243 e. The van der Waals surface area contributed by atoms with Gasteiger partial charge in [0.15, 0.2) is 0 Å². The van der Waals surface area contributed by atoms with Crippen molar-refractivity contribution in [3.05, 3.63) is 30.3 Å². The summed E-state index contributed by atoms with van der Waals surface area (Å²) in [6.45, 7) is 7.92. The van der Waals surface area contributed by atoms with Crippen LogP contribution >= 0.6 is 0 Å². The van der Waals surface area contributed by atoms with E-state index in [0.29, 0.717) is 0 Å². The monoisotopic (exact) mass is 308 g/mol. The summed E-state index contributed by atoms with van der Waals surface area (Å²) in [5.74, 6) is 0. The Hall–Kier alpha value is -0.870. The first-order valence-corrected chi connectivity index (χ1v) is 9.64. The van der Waals surface area contributed by atoms with Gasteiger partial charge in [-0.1, -0.05) is 51.3 Å². The summed E-state index contributed by atoms with van der Waals surface area (Å²) in [5, 5.41) is 1.95. The maximum absolute atomic E-state index is 14.0. The second-order valence-electron chi connectivity index (χ2n) is 6.07. The zero-order chi connectivity index (χ0) is 15.3.